The molecule has 1 fully saturated rings. The van der Waals surface area contributed by atoms with Crippen molar-refractivity contribution in [3.8, 4) is 0 Å². The number of likely N-dealkylation sites (tertiary alicyclic amines) is 1. The number of hydrogen-bond donors (Lipinski definition) is 1. The van der Waals surface area contributed by atoms with E-state index in [0.29, 0.717) is 0 Å². The number of carbonyl (C=O) groups is 1. The van der Waals surface area contributed by atoms with Gasteiger partial charge in [-0.2, -0.15) is 0 Å². The average Bonchev–Trinajstić information content (AvgIpc) is 2.60. The second-order valence-electron chi connectivity index (χ2n) is 6.97. The SMILES string of the molecule is Cc1ccc(C)c(NC(=O)C2CCCN(Cc3ccccc3Cl)C2)c1. The van der Waals surface area contributed by atoms with E-state index < -0.39 is 0 Å². The number of anilines is 1. The van der Waals surface area contributed by atoms with Crippen LogP contribution in [0.5, 0.6) is 0 Å². The van der Waals surface area contributed by atoms with Crippen molar-refractivity contribution in [2.24, 2.45) is 5.92 Å². The van der Waals surface area contributed by atoms with E-state index in [1.165, 1.54) is 0 Å². The van der Waals surface area contributed by atoms with Crippen LogP contribution in [0.15, 0.2) is 42.5 Å². The van der Waals surface area contributed by atoms with Crippen molar-refractivity contribution in [3.05, 3.63) is 64.2 Å². The molecule has 25 heavy (non-hydrogen) atoms. The van der Waals surface area contributed by atoms with Gasteiger partial charge in [-0.15, -0.1) is 0 Å². The molecule has 3 rings (SSSR count). The van der Waals surface area contributed by atoms with Crippen LogP contribution in [0, 0.1) is 19.8 Å². The van der Waals surface area contributed by atoms with Gasteiger partial charge in [0, 0.05) is 23.8 Å². The molecule has 1 heterocycles. The van der Waals surface area contributed by atoms with Crippen molar-refractivity contribution in [1.29, 1.82) is 0 Å². The molecule has 0 radical (unpaired) electrons. The molecule has 0 aromatic heterocycles. The first-order valence-electron chi connectivity index (χ1n) is 8.87. The lowest BCUT2D eigenvalue weighted by atomic mass is 9.96. The van der Waals surface area contributed by atoms with Gasteiger partial charge in [0.15, 0.2) is 0 Å². The third-order valence-corrected chi connectivity index (χ3v) is 5.25. The third kappa shape index (κ3) is 4.62. The molecular formula is C21H25ClN2O. The van der Waals surface area contributed by atoms with Crippen molar-refractivity contribution in [1.82, 2.24) is 4.90 Å². The molecule has 0 aliphatic carbocycles. The highest BCUT2D eigenvalue weighted by Crippen LogP contribution is 2.24. The van der Waals surface area contributed by atoms with E-state index in [-0.39, 0.29) is 11.8 Å². The summed E-state index contributed by atoms with van der Waals surface area (Å²) in [5, 5.41) is 3.92. The van der Waals surface area contributed by atoms with E-state index in [9.17, 15) is 4.79 Å². The smallest absolute Gasteiger partial charge is 0.228 e. The molecule has 2 aromatic carbocycles. The molecule has 1 unspecified atom stereocenters. The lowest BCUT2D eigenvalue weighted by molar-refractivity contribution is -0.121. The highest BCUT2D eigenvalue weighted by atomic mass is 35.5. The van der Waals surface area contributed by atoms with Crippen LogP contribution in [0.2, 0.25) is 5.02 Å². The van der Waals surface area contributed by atoms with Crippen molar-refractivity contribution in [2.75, 3.05) is 18.4 Å². The number of carbonyl (C=O) groups excluding carboxylic acids is 1. The minimum Gasteiger partial charge on any atom is -0.326 e. The first-order chi connectivity index (χ1) is 12.0. The van der Waals surface area contributed by atoms with Crippen LogP contribution in [0.4, 0.5) is 5.69 Å². The summed E-state index contributed by atoms with van der Waals surface area (Å²) >= 11 is 6.28. The molecule has 2 aromatic rings. The minimum atomic E-state index is 0.0242. The third-order valence-electron chi connectivity index (χ3n) is 4.88. The Kier molecular flexibility index (Phi) is 5.77. The van der Waals surface area contributed by atoms with Crippen LogP contribution in [0.3, 0.4) is 0 Å². The molecule has 1 atom stereocenters. The summed E-state index contributed by atoms with van der Waals surface area (Å²) in [6.07, 6.45) is 1.98. The molecular weight excluding hydrogens is 332 g/mol. The number of halogens is 1. The van der Waals surface area contributed by atoms with Crippen LogP contribution >= 0.6 is 11.6 Å². The van der Waals surface area contributed by atoms with Crippen molar-refractivity contribution in [3.63, 3.8) is 0 Å². The Bertz CT molecular complexity index is 759. The maximum absolute atomic E-state index is 12.7. The molecule has 132 valence electrons. The highest BCUT2D eigenvalue weighted by Gasteiger charge is 2.26. The summed E-state index contributed by atoms with van der Waals surface area (Å²) in [5.74, 6) is 0.147. The zero-order valence-electron chi connectivity index (χ0n) is 14.9. The van der Waals surface area contributed by atoms with Gasteiger partial charge >= 0.3 is 0 Å². The number of nitrogens with one attached hydrogen (secondary N) is 1. The summed E-state index contributed by atoms with van der Waals surface area (Å²) in [5.41, 5.74) is 4.31. The number of piperidine rings is 1. The molecule has 0 spiro atoms. The van der Waals surface area contributed by atoms with E-state index in [4.69, 9.17) is 11.6 Å². The quantitative estimate of drug-likeness (QED) is 0.852. The molecule has 1 aliphatic rings. The summed E-state index contributed by atoms with van der Waals surface area (Å²) in [7, 11) is 0. The van der Waals surface area contributed by atoms with Gasteiger partial charge in [0.25, 0.3) is 0 Å². The first-order valence-corrected chi connectivity index (χ1v) is 9.24. The van der Waals surface area contributed by atoms with Crippen LogP contribution in [-0.2, 0) is 11.3 Å². The van der Waals surface area contributed by atoms with Gasteiger partial charge < -0.3 is 5.32 Å². The van der Waals surface area contributed by atoms with E-state index in [1.54, 1.807) is 0 Å². The first kappa shape index (κ1) is 18.0. The largest absolute Gasteiger partial charge is 0.326 e. The molecule has 0 saturated carbocycles. The van der Waals surface area contributed by atoms with Crippen LogP contribution in [-0.4, -0.2) is 23.9 Å². The second kappa shape index (κ2) is 8.03. The number of nitrogens with zero attached hydrogens (tertiary/aromatic N) is 1. The number of rotatable bonds is 4. The normalized spacial score (nSPS) is 18.1. The fourth-order valence-corrected chi connectivity index (χ4v) is 3.58. The Morgan fingerprint density at radius 3 is 2.84 bits per heavy atom. The van der Waals surface area contributed by atoms with Gasteiger partial charge in [-0.3, -0.25) is 9.69 Å². The van der Waals surface area contributed by atoms with Crippen LogP contribution < -0.4 is 5.32 Å². The minimum absolute atomic E-state index is 0.0242. The van der Waals surface area contributed by atoms with Crippen molar-refractivity contribution in [2.45, 2.75) is 33.2 Å². The molecule has 0 bridgehead atoms. The Hall–Kier alpha value is -1.84. The number of amides is 1. The molecule has 3 nitrogen and oxygen atoms in total. The van der Waals surface area contributed by atoms with Gasteiger partial charge in [-0.25, -0.2) is 0 Å². The maximum Gasteiger partial charge on any atom is 0.228 e. The average molecular weight is 357 g/mol. The monoisotopic (exact) mass is 356 g/mol. The van der Waals surface area contributed by atoms with Crippen molar-refractivity contribution >= 4 is 23.2 Å². The highest BCUT2D eigenvalue weighted by molar-refractivity contribution is 6.31. The van der Waals surface area contributed by atoms with E-state index in [0.717, 1.165) is 59.9 Å². The van der Waals surface area contributed by atoms with E-state index in [2.05, 4.69) is 28.4 Å². The zero-order chi connectivity index (χ0) is 17.8. The summed E-state index contributed by atoms with van der Waals surface area (Å²) in [4.78, 5) is 15.1. The number of hydrogen-bond acceptors (Lipinski definition) is 2. The molecule has 4 heteroatoms. The van der Waals surface area contributed by atoms with Gasteiger partial charge in [0.1, 0.15) is 0 Å². The molecule has 1 N–H and O–H groups in total. The summed E-state index contributed by atoms with van der Waals surface area (Å²) in [6, 6.07) is 14.1. The Morgan fingerprint density at radius 1 is 1.24 bits per heavy atom. The second-order valence-corrected chi connectivity index (χ2v) is 7.38. The number of benzene rings is 2. The van der Waals surface area contributed by atoms with Crippen LogP contribution in [0.25, 0.3) is 0 Å². The predicted octanol–water partition coefficient (Wildman–Crippen LogP) is 4.81. The fourth-order valence-electron chi connectivity index (χ4n) is 3.39. The van der Waals surface area contributed by atoms with Gasteiger partial charge in [0.2, 0.25) is 5.91 Å². The van der Waals surface area contributed by atoms with Gasteiger partial charge in [-0.1, -0.05) is 41.9 Å². The van der Waals surface area contributed by atoms with E-state index >= 15 is 0 Å². The lowest BCUT2D eigenvalue weighted by Crippen LogP contribution is -2.40. The fraction of sp³-hybridized carbons (Fsp3) is 0.381. The van der Waals surface area contributed by atoms with E-state index in [1.807, 2.05) is 38.1 Å². The summed E-state index contributed by atoms with van der Waals surface area (Å²) in [6.45, 7) is 6.66. The van der Waals surface area contributed by atoms with Crippen LogP contribution in [0.1, 0.15) is 29.5 Å². The maximum atomic E-state index is 12.7. The topological polar surface area (TPSA) is 32.3 Å². The van der Waals surface area contributed by atoms with Crippen molar-refractivity contribution < 1.29 is 4.79 Å². The zero-order valence-corrected chi connectivity index (χ0v) is 15.6. The van der Waals surface area contributed by atoms with Gasteiger partial charge in [-0.05, 0) is 62.1 Å². The summed E-state index contributed by atoms with van der Waals surface area (Å²) < 4.78 is 0. The molecule has 1 saturated heterocycles. The number of aryl methyl sites for hydroxylation is 2. The molecule has 1 aliphatic heterocycles. The Labute approximate surface area is 155 Å². The Balaban J connectivity index is 1.63. The molecule has 1 amide bonds. The lowest BCUT2D eigenvalue weighted by Gasteiger charge is -2.32. The van der Waals surface area contributed by atoms with Gasteiger partial charge in [0.05, 0.1) is 5.92 Å². The predicted molar refractivity (Wildman–Crippen MR) is 104 cm³/mol. The standard InChI is InChI=1S/C21H25ClN2O/c1-15-9-10-16(2)20(12-15)23-21(25)18-7-5-11-24(14-18)13-17-6-3-4-8-19(17)22/h3-4,6,8-10,12,18H,5,7,11,13-14H2,1-2H3,(H,23,25). The Morgan fingerprint density at radius 2 is 2.04 bits per heavy atom.